The van der Waals surface area contributed by atoms with Crippen LogP contribution in [0.4, 0.5) is 10.2 Å². The Labute approximate surface area is 186 Å². The standard InChI is InChI=1S/C19H20FN6O6P/c1-11(19(27)28)25-33(29,32-12-5-3-2-4-6-12)10-30-14-7-13(20)18(31-14)26-9-24-15-16(21)22-8-23-17(15)26/h2-9,11,14,18H,10H2,1H3,(H,25,29)(H,27,28)(H2,21,22,23)/t11?,14-,18+,33?/m0/s1. The summed E-state index contributed by atoms with van der Waals surface area (Å²) in [5, 5.41) is 11.6. The first-order valence-corrected chi connectivity index (χ1v) is 11.5. The number of halogens is 1. The van der Waals surface area contributed by atoms with Crippen molar-refractivity contribution in [3.8, 4) is 5.75 Å². The number of aromatic nitrogens is 4. The van der Waals surface area contributed by atoms with E-state index in [1.165, 1.54) is 24.1 Å². The Hall–Kier alpha value is -3.38. The highest BCUT2D eigenvalue weighted by Crippen LogP contribution is 2.45. The van der Waals surface area contributed by atoms with Crippen LogP contribution in [0.2, 0.25) is 0 Å². The van der Waals surface area contributed by atoms with Crippen molar-refractivity contribution in [1.29, 1.82) is 0 Å². The van der Waals surface area contributed by atoms with Crippen LogP contribution < -0.4 is 15.3 Å². The van der Waals surface area contributed by atoms with Crippen molar-refractivity contribution in [2.45, 2.75) is 25.5 Å². The Morgan fingerprint density at radius 3 is 2.85 bits per heavy atom. The minimum Gasteiger partial charge on any atom is -0.480 e. The number of carboxylic acids is 1. The number of aliphatic carboxylic acids is 1. The number of benzene rings is 1. The number of imidazole rings is 1. The van der Waals surface area contributed by atoms with E-state index in [0.29, 0.717) is 0 Å². The molecule has 3 heterocycles. The molecule has 174 valence electrons. The van der Waals surface area contributed by atoms with Gasteiger partial charge in [-0.15, -0.1) is 0 Å². The summed E-state index contributed by atoms with van der Waals surface area (Å²) in [5.74, 6) is -1.56. The number of hydrogen-bond donors (Lipinski definition) is 3. The maximum Gasteiger partial charge on any atom is 0.342 e. The summed E-state index contributed by atoms with van der Waals surface area (Å²) < 4.78 is 45.9. The van der Waals surface area contributed by atoms with Gasteiger partial charge in [-0.05, 0) is 19.1 Å². The Morgan fingerprint density at radius 1 is 1.36 bits per heavy atom. The number of carbonyl (C=O) groups is 1. The van der Waals surface area contributed by atoms with Crippen LogP contribution in [0.5, 0.6) is 5.75 Å². The molecule has 0 spiro atoms. The zero-order valence-electron chi connectivity index (χ0n) is 17.2. The second-order valence-corrected chi connectivity index (χ2v) is 9.10. The Bertz CT molecular complexity index is 1240. The Balaban J connectivity index is 1.48. The van der Waals surface area contributed by atoms with E-state index in [0.717, 1.165) is 6.08 Å². The molecule has 0 radical (unpaired) electrons. The third kappa shape index (κ3) is 5.01. The van der Waals surface area contributed by atoms with Crippen molar-refractivity contribution in [1.82, 2.24) is 24.6 Å². The highest BCUT2D eigenvalue weighted by atomic mass is 31.2. The van der Waals surface area contributed by atoms with Crippen molar-refractivity contribution in [3.05, 3.63) is 54.9 Å². The summed E-state index contributed by atoms with van der Waals surface area (Å²) >= 11 is 0. The monoisotopic (exact) mass is 478 g/mol. The van der Waals surface area contributed by atoms with Gasteiger partial charge >= 0.3 is 13.5 Å². The average molecular weight is 478 g/mol. The zero-order chi connectivity index (χ0) is 23.6. The molecule has 2 unspecified atom stereocenters. The van der Waals surface area contributed by atoms with Gasteiger partial charge < -0.3 is 24.8 Å². The number of nitrogens with one attached hydrogen (secondary N) is 1. The van der Waals surface area contributed by atoms with E-state index in [9.17, 15) is 18.9 Å². The van der Waals surface area contributed by atoms with Crippen LogP contribution in [0.3, 0.4) is 0 Å². The summed E-state index contributed by atoms with van der Waals surface area (Å²) in [5.41, 5.74) is 6.29. The summed E-state index contributed by atoms with van der Waals surface area (Å²) in [6.45, 7) is 1.31. The van der Waals surface area contributed by atoms with Crippen molar-refractivity contribution >= 4 is 30.5 Å². The first kappa shape index (κ1) is 22.8. The number of nitrogens with zero attached hydrogens (tertiary/aromatic N) is 4. The van der Waals surface area contributed by atoms with Gasteiger partial charge in [0.05, 0.1) is 6.33 Å². The molecule has 3 aromatic rings. The third-order valence-electron chi connectivity index (χ3n) is 4.60. The SMILES string of the molecule is CC(NP(=O)(CO[C@@H]1C=C(F)[C@H](n2cnc3c(N)ncnc32)O1)Oc1ccccc1)C(=O)O. The van der Waals surface area contributed by atoms with Crippen molar-refractivity contribution in [3.63, 3.8) is 0 Å². The molecule has 0 fully saturated rings. The second-order valence-electron chi connectivity index (χ2n) is 7.05. The highest BCUT2D eigenvalue weighted by Gasteiger charge is 2.35. The number of para-hydroxylation sites is 1. The van der Waals surface area contributed by atoms with Crippen LogP contribution in [-0.4, -0.2) is 49.3 Å². The minimum absolute atomic E-state index is 0.131. The largest absolute Gasteiger partial charge is 0.480 e. The average Bonchev–Trinajstić information content (AvgIpc) is 3.37. The number of nitrogen functional groups attached to an aromatic ring is 1. The normalized spacial score (nSPS) is 20.8. The number of fused-ring (bicyclic) bond motifs is 1. The van der Waals surface area contributed by atoms with Gasteiger partial charge in [-0.1, -0.05) is 18.2 Å². The van der Waals surface area contributed by atoms with E-state index in [2.05, 4.69) is 20.0 Å². The van der Waals surface area contributed by atoms with E-state index in [1.807, 2.05) is 0 Å². The molecule has 0 aliphatic carbocycles. The van der Waals surface area contributed by atoms with Gasteiger partial charge in [0, 0.05) is 6.08 Å². The lowest BCUT2D eigenvalue weighted by molar-refractivity contribution is -0.138. The van der Waals surface area contributed by atoms with E-state index in [4.69, 9.17) is 19.7 Å². The number of nitrogens with two attached hydrogens (primary N) is 1. The lowest BCUT2D eigenvalue weighted by Gasteiger charge is -2.24. The number of rotatable bonds is 9. The van der Waals surface area contributed by atoms with Crippen LogP contribution in [0.1, 0.15) is 13.2 Å². The number of carboxylic acid groups (broad SMARTS) is 1. The van der Waals surface area contributed by atoms with Crippen molar-refractivity contribution in [2.75, 3.05) is 12.1 Å². The van der Waals surface area contributed by atoms with Crippen LogP contribution >= 0.6 is 7.52 Å². The topological polar surface area (TPSA) is 164 Å². The number of hydrogen-bond acceptors (Lipinski definition) is 9. The van der Waals surface area contributed by atoms with E-state index >= 15 is 0 Å². The van der Waals surface area contributed by atoms with E-state index < -0.39 is 44.2 Å². The lowest BCUT2D eigenvalue weighted by atomic mass is 10.3. The molecule has 2 aromatic heterocycles. The summed E-state index contributed by atoms with van der Waals surface area (Å²) in [6.07, 6.45) is 0.494. The van der Waals surface area contributed by atoms with Crippen LogP contribution in [-0.2, 0) is 18.8 Å². The second kappa shape index (κ2) is 9.24. The molecular formula is C19H20FN6O6P. The minimum atomic E-state index is -3.89. The molecule has 0 amide bonds. The molecule has 12 nitrogen and oxygen atoms in total. The fraction of sp³-hybridized carbons (Fsp3) is 0.263. The Morgan fingerprint density at radius 2 is 2.12 bits per heavy atom. The zero-order valence-corrected chi connectivity index (χ0v) is 18.1. The molecule has 4 rings (SSSR count). The maximum absolute atomic E-state index is 14.7. The molecule has 1 aromatic carbocycles. The van der Waals surface area contributed by atoms with E-state index in [1.54, 1.807) is 30.3 Å². The fourth-order valence-corrected chi connectivity index (χ4v) is 4.72. The smallest absolute Gasteiger partial charge is 0.342 e. The van der Waals surface area contributed by atoms with Crippen LogP contribution in [0.15, 0.2) is 54.9 Å². The molecular weight excluding hydrogens is 458 g/mol. The van der Waals surface area contributed by atoms with Gasteiger partial charge in [0.1, 0.15) is 23.6 Å². The van der Waals surface area contributed by atoms with Gasteiger partial charge in [-0.2, -0.15) is 0 Å². The van der Waals surface area contributed by atoms with Crippen LogP contribution in [0.25, 0.3) is 11.2 Å². The molecule has 0 saturated heterocycles. The predicted octanol–water partition coefficient (Wildman–Crippen LogP) is 2.43. The maximum atomic E-state index is 14.7. The predicted molar refractivity (Wildman–Crippen MR) is 114 cm³/mol. The molecule has 4 atom stereocenters. The molecule has 1 aliphatic heterocycles. The number of ether oxygens (including phenoxy) is 2. The first-order valence-electron chi connectivity index (χ1n) is 9.67. The van der Waals surface area contributed by atoms with Gasteiger partial charge in [-0.3, -0.25) is 13.9 Å². The van der Waals surface area contributed by atoms with Crippen LogP contribution in [0, 0.1) is 0 Å². The fourth-order valence-electron chi connectivity index (χ4n) is 3.03. The molecule has 1 aliphatic rings. The molecule has 14 heteroatoms. The van der Waals surface area contributed by atoms with Gasteiger partial charge in [0.25, 0.3) is 0 Å². The molecule has 0 saturated carbocycles. The first-order chi connectivity index (χ1) is 15.8. The van der Waals surface area contributed by atoms with Gasteiger partial charge in [-0.25, -0.2) is 24.4 Å². The van der Waals surface area contributed by atoms with Crippen molar-refractivity contribution < 1.29 is 32.9 Å². The highest BCUT2D eigenvalue weighted by molar-refractivity contribution is 7.57. The number of anilines is 1. The summed E-state index contributed by atoms with van der Waals surface area (Å²) in [6, 6.07) is 6.97. The van der Waals surface area contributed by atoms with Gasteiger partial charge in [0.15, 0.2) is 36.2 Å². The quantitative estimate of drug-likeness (QED) is 0.387. The molecule has 33 heavy (non-hydrogen) atoms. The molecule has 4 N–H and O–H groups in total. The van der Waals surface area contributed by atoms with Crippen molar-refractivity contribution in [2.24, 2.45) is 0 Å². The van der Waals surface area contributed by atoms with E-state index in [-0.39, 0.29) is 22.7 Å². The summed E-state index contributed by atoms with van der Waals surface area (Å²) in [7, 11) is -3.89. The summed E-state index contributed by atoms with van der Waals surface area (Å²) in [4.78, 5) is 23.2. The molecule has 0 bridgehead atoms. The Kier molecular flexibility index (Phi) is 6.38. The van der Waals surface area contributed by atoms with Gasteiger partial charge in [0.2, 0.25) is 0 Å². The lowest BCUT2D eigenvalue weighted by Crippen LogP contribution is -2.34. The third-order valence-corrected chi connectivity index (χ3v) is 6.37.